The summed E-state index contributed by atoms with van der Waals surface area (Å²) in [6.45, 7) is 4.75. The number of fused-ring (bicyclic) bond motifs is 1. The average Bonchev–Trinajstić information content (AvgIpc) is 2.87. The van der Waals surface area contributed by atoms with Crippen LogP contribution in [0.4, 0.5) is 0 Å². The molecule has 0 N–H and O–H groups in total. The molecule has 1 aromatic carbocycles. The number of rotatable bonds is 6. The van der Waals surface area contributed by atoms with Crippen LogP contribution in [0.1, 0.15) is 11.3 Å². The quantitative estimate of drug-likeness (QED) is 0.403. The molecule has 0 radical (unpaired) electrons. The molecule has 7 heteroatoms. The maximum absolute atomic E-state index is 6.05. The third-order valence-electron chi connectivity index (χ3n) is 5.61. The minimum Gasteiger partial charge on any atom is -0.489 e. The predicted octanol–water partition coefficient (Wildman–Crippen LogP) is 5.05. The fraction of sp³-hybridized carbons (Fsp3) is 0.222. The van der Waals surface area contributed by atoms with Crippen molar-refractivity contribution >= 4 is 0 Å². The summed E-state index contributed by atoms with van der Waals surface area (Å²) in [6, 6.07) is 17.7. The predicted molar refractivity (Wildman–Crippen MR) is 129 cm³/mol. The van der Waals surface area contributed by atoms with Crippen LogP contribution in [0, 0.1) is 13.8 Å². The van der Waals surface area contributed by atoms with E-state index in [9.17, 15) is 0 Å². The minimum atomic E-state index is -0.269. The molecule has 0 fully saturated rings. The highest BCUT2D eigenvalue weighted by molar-refractivity contribution is 5.72. The van der Waals surface area contributed by atoms with Crippen molar-refractivity contribution in [1.29, 1.82) is 0 Å². The fourth-order valence-corrected chi connectivity index (χ4v) is 3.80. The molecule has 1 unspecified atom stereocenters. The zero-order chi connectivity index (χ0) is 23.5. The summed E-state index contributed by atoms with van der Waals surface area (Å²) in [7, 11) is 1.59. The van der Waals surface area contributed by atoms with E-state index in [0.717, 1.165) is 33.6 Å². The van der Waals surface area contributed by atoms with Gasteiger partial charge in [0.15, 0.2) is 11.9 Å². The zero-order valence-electron chi connectivity index (χ0n) is 19.3. The van der Waals surface area contributed by atoms with E-state index in [-0.39, 0.29) is 6.10 Å². The van der Waals surface area contributed by atoms with Crippen molar-refractivity contribution in [2.45, 2.75) is 20.0 Å². The molecule has 0 bridgehead atoms. The highest BCUT2D eigenvalue weighted by Gasteiger charge is 2.22. The standard InChI is InChI=1S/C27H25N3O4/c1-17-11-19(20-7-6-18(2)29-14-20)8-9-23(17)24-12-21(13-26(30-24)31-3)32-15-22-16-33-25-5-4-10-28-27(25)34-22/h4-14,22H,15-16H2,1-3H3. The summed E-state index contributed by atoms with van der Waals surface area (Å²) in [5.74, 6) is 2.25. The fourth-order valence-electron chi connectivity index (χ4n) is 3.80. The molecule has 172 valence electrons. The Morgan fingerprint density at radius 1 is 1.00 bits per heavy atom. The van der Waals surface area contributed by atoms with Gasteiger partial charge in [-0.15, -0.1) is 0 Å². The van der Waals surface area contributed by atoms with Crippen molar-refractivity contribution in [2.24, 2.45) is 0 Å². The molecular formula is C27H25N3O4. The topological polar surface area (TPSA) is 75.6 Å². The number of hydrogen-bond donors (Lipinski definition) is 0. The second-order valence-corrected chi connectivity index (χ2v) is 8.12. The SMILES string of the molecule is COc1cc(OCC2COc3cccnc3O2)cc(-c2ccc(-c3ccc(C)nc3)cc2C)n1. The Morgan fingerprint density at radius 3 is 2.68 bits per heavy atom. The van der Waals surface area contributed by atoms with Gasteiger partial charge in [-0.1, -0.05) is 24.3 Å². The van der Waals surface area contributed by atoms with Crippen molar-refractivity contribution in [2.75, 3.05) is 20.3 Å². The van der Waals surface area contributed by atoms with Crippen LogP contribution in [0.3, 0.4) is 0 Å². The van der Waals surface area contributed by atoms with Gasteiger partial charge in [-0.2, -0.15) is 0 Å². The lowest BCUT2D eigenvalue weighted by Crippen LogP contribution is -2.34. The largest absolute Gasteiger partial charge is 0.489 e. The van der Waals surface area contributed by atoms with Crippen LogP contribution in [-0.4, -0.2) is 41.4 Å². The number of nitrogens with zero attached hydrogens (tertiary/aromatic N) is 3. The molecule has 1 aliphatic rings. The van der Waals surface area contributed by atoms with E-state index in [1.165, 1.54) is 0 Å². The summed E-state index contributed by atoms with van der Waals surface area (Å²) in [6.07, 6.45) is 3.30. The Labute approximate surface area is 198 Å². The van der Waals surface area contributed by atoms with Crippen LogP contribution in [0.5, 0.6) is 23.3 Å². The number of hydrogen-bond acceptors (Lipinski definition) is 7. The minimum absolute atomic E-state index is 0.269. The first kappa shape index (κ1) is 21.7. The Hall–Kier alpha value is -4.13. The molecule has 0 amide bonds. The van der Waals surface area contributed by atoms with Crippen molar-refractivity contribution in [1.82, 2.24) is 15.0 Å². The smallest absolute Gasteiger partial charge is 0.257 e. The van der Waals surface area contributed by atoms with E-state index in [1.54, 1.807) is 19.4 Å². The number of pyridine rings is 3. The van der Waals surface area contributed by atoms with Gasteiger partial charge < -0.3 is 18.9 Å². The van der Waals surface area contributed by atoms with Gasteiger partial charge in [0.1, 0.15) is 19.0 Å². The molecule has 4 aromatic rings. The van der Waals surface area contributed by atoms with E-state index >= 15 is 0 Å². The Kier molecular flexibility index (Phi) is 5.99. The van der Waals surface area contributed by atoms with Crippen molar-refractivity contribution < 1.29 is 18.9 Å². The van der Waals surface area contributed by atoms with Gasteiger partial charge >= 0.3 is 0 Å². The third-order valence-corrected chi connectivity index (χ3v) is 5.61. The van der Waals surface area contributed by atoms with Crippen LogP contribution in [0.2, 0.25) is 0 Å². The molecule has 5 rings (SSSR count). The van der Waals surface area contributed by atoms with Crippen LogP contribution in [-0.2, 0) is 0 Å². The van der Waals surface area contributed by atoms with Gasteiger partial charge in [0.2, 0.25) is 5.88 Å². The van der Waals surface area contributed by atoms with E-state index in [2.05, 4.69) is 46.1 Å². The first-order chi connectivity index (χ1) is 16.6. The summed E-state index contributed by atoms with van der Waals surface area (Å²) in [4.78, 5) is 13.3. The van der Waals surface area contributed by atoms with Crippen molar-refractivity contribution in [3.05, 3.63) is 78.2 Å². The zero-order valence-corrected chi connectivity index (χ0v) is 19.3. The summed E-state index contributed by atoms with van der Waals surface area (Å²) >= 11 is 0. The van der Waals surface area contributed by atoms with E-state index < -0.39 is 0 Å². The van der Waals surface area contributed by atoms with Crippen molar-refractivity contribution in [3.8, 4) is 45.6 Å². The number of methoxy groups -OCH3 is 1. The highest BCUT2D eigenvalue weighted by atomic mass is 16.6. The summed E-state index contributed by atoms with van der Waals surface area (Å²) in [5.41, 5.74) is 6.05. The summed E-state index contributed by atoms with van der Waals surface area (Å²) < 4.78 is 23.1. The van der Waals surface area contributed by atoms with E-state index in [1.807, 2.05) is 37.4 Å². The molecule has 0 saturated heterocycles. The maximum Gasteiger partial charge on any atom is 0.257 e. The van der Waals surface area contributed by atoms with Crippen LogP contribution in [0.15, 0.2) is 67.0 Å². The van der Waals surface area contributed by atoms with E-state index in [0.29, 0.717) is 36.5 Å². The highest BCUT2D eigenvalue weighted by Crippen LogP contribution is 2.32. The lowest BCUT2D eigenvalue weighted by atomic mass is 9.98. The second kappa shape index (κ2) is 9.39. The third kappa shape index (κ3) is 4.64. The molecule has 1 atom stereocenters. The lowest BCUT2D eigenvalue weighted by Gasteiger charge is -2.25. The molecular weight excluding hydrogens is 430 g/mol. The number of aromatic nitrogens is 3. The van der Waals surface area contributed by atoms with Gasteiger partial charge in [0.05, 0.1) is 12.8 Å². The lowest BCUT2D eigenvalue weighted by molar-refractivity contribution is 0.0487. The number of benzene rings is 1. The van der Waals surface area contributed by atoms with Crippen LogP contribution < -0.4 is 18.9 Å². The van der Waals surface area contributed by atoms with E-state index in [4.69, 9.17) is 18.9 Å². The van der Waals surface area contributed by atoms with Crippen LogP contribution >= 0.6 is 0 Å². The number of aryl methyl sites for hydroxylation is 2. The molecule has 4 heterocycles. The van der Waals surface area contributed by atoms with Crippen LogP contribution in [0.25, 0.3) is 22.4 Å². The Balaban J connectivity index is 1.35. The normalized spacial score (nSPS) is 14.5. The second-order valence-electron chi connectivity index (χ2n) is 8.12. The molecule has 1 aliphatic heterocycles. The van der Waals surface area contributed by atoms with Gasteiger partial charge in [0.25, 0.3) is 5.88 Å². The molecule has 34 heavy (non-hydrogen) atoms. The molecule has 0 spiro atoms. The average molecular weight is 456 g/mol. The maximum atomic E-state index is 6.05. The summed E-state index contributed by atoms with van der Waals surface area (Å²) in [5, 5.41) is 0. The monoisotopic (exact) mass is 455 g/mol. The van der Waals surface area contributed by atoms with Gasteiger partial charge in [-0.05, 0) is 43.2 Å². The molecule has 0 aliphatic carbocycles. The first-order valence-electron chi connectivity index (χ1n) is 11.1. The molecule has 0 saturated carbocycles. The number of ether oxygens (including phenoxy) is 4. The molecule has 7 nitrogen and oxygen atoms in total. The van der Waals surface area contributed by atoms with Crippen molar-refractivity contribution in [3.63, 3.8) is 0 Å². The first-order valence-corrected chi connectivity index (χ1v) is 11.1. The van der Waals surface area contributed by atoms with Gasteiger partial charge in [0, 0.05) is 41.3 Å². The molecule has 3 aromatic heterocycles. The van der Waals surface area contributed by atoms with Gasteiger partial charge in [-0.25, -0.2) is 9.97 Å². The van der Waals surface area contributed by atoms with Gasteiger partial charge in [-0.3, -0.25) is 4.98 Å². The Morgan fingerprint density at radius 2 is 1.88 bits per heavy atom. The Bertz CT molecular complexity index is 1310.